The second-order valence-corrected chi connectivity index (χ2v) is 6.28. The van der Waals surface area contributed by atoms with Gasteiger partial charge < -0.3 is 14.7 Å². The van der Waals surface area contributed by atoms with Crippen molar-refractivity contribution in [3.05, 3.63) is 0 Å². The van der Waals surface area contributed by atoms with Crippen LogP contribution in [-0.4, -0.2) is 40.9 Å². The first kappa shape index (κ1) is 12.7. The standard InChI is InChI=1S/C13H23NO3/c1-13(2,3)17-12(16)14-7-6-9-4-5-11(15)10(9)8-14/h9-11,15H,4-8H2,1-3H3/t9-,10+,11?/m1/s1. The zero-order valence-corrected chi connectivity index (χ0v) is 11.0. The van der Waals surface area contributed by atoms with Crippen LogP contribution in [0.3, 0.4) is 0 Å². The van der Waals surface area contributed by atoms with Gasteiger partial charge in [0.1, 0.15) is 5.60 Å². The van der Waals surface area contributed by atoms with Gasteiger partial charge in [-0.1, -0.05) is 0 Å². The molecule has 3 atom stereocenters. The number of aliphatic hydroxyl groups excluding tert-OH is 1. The summed E-state index contributed by atoms with van der Waals surface area (Å²) in [5.41, 5.74) is -0.442. The van der Waals surface area contributed by atoms with Crippen molar-refractivity contribution in [1.82, 2.24) is 4.90 Å². The predicted octanol–water partition coefficient (Wildman–Crippen LogP) is 2.01. The topological polar surface area (TPSA) is 49.8 Å². The molecule has 1 amide bonds. The molecule has 1 saturated heterocycles. The first-order chi connectivity index (χ1) is 7.87. The van der Waals surface area contributed by atoms with Crippen molar-refractivity contribution in [2.75, 3.05) is 13.1 Å². The fourth-order valence-electron chi connectivity index (χ4n) is 2.92. The van der Waals surface area contributed by atoms with Gasteiger partial charge in [-0.15, -0.1) is 0 Å². The maximum absolute atomic E-state index is 11.9. The van der Waals surface area contributed by atoms with Crippen LogP contribution in [0.15, 0.2) is 0 Å². The first-order valence-corrected chi connectivity index (χ1v) is 6.53. The molecule has 98 valence electrons. The average Bonchev–Trinajstić information content (AvgIpc) is 2.57. The molecule has 2 rings (SSSR count). The number of carbonyl (C=O) groups is 1. The summed E-state index contributed by atoms with van der Waals surface area (Å²) in [5, 5.41) is 9.88. The van der Waals surface area contributed by atoms with E-state index in [1.165, 1.54) is 0 Å². The van der Waals surface area contributed by atoms with E-state index in [0.717, 1.165) is 25.8 Å². The zero-order chi connectivity index (χ0) is 12.6. The van der Waals surface area contributed by atoms with Gasteiger partial charge in [0.05, 0.1) is 6.10 Å². The summed E-state index contributed by atoms with van der Waals surface area (Å²) in [6.45, 7) is 7.05. The monoisotopic (exact) mass is 241 g/mol. The second kappa shape index (κ2) is 4.48. The molecule has 1 unspecified atom stereocenters. The maximum Gasteiger partial charge on any atom is 0.410 e. The zero-order valence-electron chi connectivity index (χ0n) is 11.0. The molecule has 2 aliphatic rings. The molecule has 1 aliphatic carbocycles. The van der Waals surface area contributed by atoms with Gasteiger partial charge in [-0.05, 0) is 46.0 Å². The first-order valence-electron chi connectivity index (χ1n) is 6.53. The normalized spacial score (nSPS) is 33.4. The second-order valence-electron chi connectivity index (χ2n) is 6.28. The van der Waals surface area contributed by atoms with Gasteiger partial charge in [0.2, 0.25) is 0 Å². The highest BCUT2D eigenvalue weighted by molar-refractivity contribution is 5.68. The van der Waals surface area contributed by atoms with E-state index < -0.39 is 5.60 Å². The third kappa shape index (κ3) is 2.92. The number of piperidine rings is 1. The van der Waals surface area contributed by atoms with Crippen molar-refractivity contribution >= 4 is 6.09 Å². The number of ether oxygens (including phenoxy) is 1. The molecule has 1 N–H and O–H groups in total. The molecule has 17 heavy (non-hydrogen) atoms. The molecule has 4 nitrogen and oxygen atoms in total. The highest BCUT2D eigenvalue weighted by atomic mass is 16.6. The van der Waals surface area contributed by atoms with Crippen LogP contribution in [0.4, 0.5) is 4.79 Å². The molecule has 0 aromatic carbocycles. The Bertz CT molecular complexity index is 298. The Hall–Kier alpha value is -0.770. The van der Waals surface area contributed by atoms with E-state index >= 15 is 0 Å². The summed E-state index contributed by atoms with van der Waals surface area (Å²) in [6.07, 6.45) is 2.52. The van der Waals surface area contributed by atoms with Crippen molar-refractivity contribution < 1.29 is 14.6 Å². The quantitative estimate of drug-likeness (QED) is 0.706. The largest absolute Gasteiger partial charge is 0.444 e. The molecule has 0 bridgehead atoms. The summed E-state index contributed by atoms with van der Waals surface area (Å²) in [6, 6.07) is 0. The van der Waals surface area contributed by atoms with Gasteiger partial charge in [-0.2, -0.15) is 0 Å². The highest BCUT2D eigenvalue weighted by Crippen LogP contribution is 2.38. The van der Waals surface area contributed by atoms with Crippen molar-refractivity contribution in [2.24, 2.45) is 11.8 Å². The Labute approximate surface area is 103 Å². The van der Waals surface area contributed by atoms with Gasteiger partial charge in [0, 0.05) is 19.0 Å². The van der Waals surface area contributed by atoms with Crippen molar-refractivity contribution in [3.63, 3.8) is 0 Å². The molecular weight excluding hydrogens is 218 g/mol. The maximum atomic E-state index is 11.9. The van der Waals surface area contributed by atoms with E-state index in [-0.39, 0.29) is 18.1 Å². The predicted molar refractivity (Wildman–Crippen MR) is 64.6 cm³/mol. The lowest BCUT2D eigenvalue weighted by Gasteiger charge is -2.36. The van der Waals surface area contributed by atoms with E-state index in [0.29, 0.717) is 12.5 Å². The Kier molecular flexibility index (Phi) is 3.34. The number of likely N-dealkylation sites (tertiary alicyclic amines) is 1. The fraction of sp³-hybridized carbons (Fsp3) is 0.923. The molecule has 1 heterocycles. The van der Waals surface area contributed by atoms with Crippen molar-refractivity contribution in [2.45, 2.75) is 51.7 Å². The van der Waals surface area contributed by atoms with Crippen molar-refractivity contribution in [1.29, 1.82) is 0 Å². The Morgan fingerprint density at radius 1 is 1.29 bits per heavy atom. The summed E-state index contributed by atoms with van der Waals surface area (Å²) >= 11 is 0. The van der Waals surface area contributed by atoms with Crippen LogP contribution < -0.4 is 0 Å². The van der Waals surface area contributed by atoms with E-state index in [4.69, 9.17) is 4.74 Å². The van der Waals surface area contributed by atoms with Crippen LogP contribution in [0.2, 0.25) is 0 Å². The third-order valence-electron chi connectivity index (χ3n) is 3.79. The number of amides is 1. The van der Waals surface area contributed by atoms with Crippen LogP contribution in [-0.2, 0) is 4.74 Å². The van der Waals surface area contributed by atoms with Crippen LogP contribution in [0.1, 0.15) is 40.0 Å². The van der Waals surface area contributed by atoms with E-state index in [1.54, 1.807) is 4.90 Å². The average molecular weight is 241 g/mol. The minimum absolute atomic E-state index is 0.231. The van der Waals surface area contributed by atoms with E-state index in [2.05, 4.69) is 0 Å². The Balaban J connectivity index is 1.93. The van der Waals surface area contributed by atoms with E-state index in [9.17, 15) is 9.90 Å². The molecule has 0 aromatic heterocycles. The summed E-state index contributed by atoms with van der Waals surface area (Å²) < 4.78 is 5.37. The smallest absolute Gasteiger partial charge is 0.410 e. The molecule has 4 heteroatoms. The van der Waals surface area contributed by atoms with Crippen LogP contribution in [0, 0.1) is 11.8 Å². The van der Waals surface area contributed by atoms with Crippen LogP contribution in [0.25, 0.3) is 0 Å². The molecule has 0 aromatic rings. The molecule has 0 radical (unpaired) electrons. The lowest BCUT2D eigenvalue weighted by atomic mass is 9.88. The summed E-state index contributed by atoms with van der Waals surface area (Å²) in [7, 11) is 0. The molecule has 0 spiro atoms. The van der Waals surface area contributed by atoms with Gasteiger partial charge in [-0.25, -0.2) is 4.79 Å². The highest BCUT2D eigenvalue weighted by Gasteiger charge is 2.40. The minimum atomic E-state index is -0.442. The van der Waals surface area contributed by atoms with E-state index in [1.807, 2.05) is 20.8 Å². The van der Waals surface area contributed by atoms with Gasteiger partial charge in [0.15, 0.2) is 0 Å². The number of hydrogen-bond acceptors (Lipinski definition) is 3. The fourth-order valence-corrected chi connectivity index (χ4v) is 2.92. The van der Waals surface area contributed by atoms with Crippen LogP contribution in [0.5, 0.6) is 0 Å². The molecule has 1 saturated carbocycles. The van der Waals surface area contributed by atoms with Gasteiger partial charge >= 0.3 is 6.09 Å². The third-order valence-corrected chi connectivity index (χ3v) is 3.79. The number of carbonyl (C=O) groups excluding carboxylic acids is 1. The van der Waals surface area contributed by atoms with Gasteiger partial charge in [-0.3, -0.25) is 0 Å². The number of rotatable bonds is 0. The number of aliphatic hydroxyl groups is 1. The number of nitrogens with zero attached hydrogens (tertiary/aromatic N) is 1. The van der Waals surface area contributed by atoms with Crippen molar-refractivity contribution in [3.8, 4) is 0 Å². The number of hydrogen-bond donors (Lipinski definition) is 1. The summed E-state index contributed by atoms with van der Waals surface area (Å²) in [4.78, 5) is 13.7. The lowest BCUT2D eigenvalue weighted by Crippen LogP contribution is -2.46. The molecular formula is C13H23NO3. The SMILES string of the molecule is CC(C)(C)OC(=O)N1CC[C@H]2CCC(O)[C@H]2C1. The Morgan fingerprint density at radius 2 is 2.00 bits per heavy atom. The van der Waals surface area contributed by atoms with Crippen LogP contribution >= 0.6 is 0 Å². The molecule has 2 fully saturated rings. The minimum Gasteiger partial charge on any atom is -0.444 e. The molecule has 1 aliphatic heterocycles. The lowest BCUT2D eigenvalue weighted by molar-refractivity contribution is 0.00177. The number of fused-ring (bicyclic) bond motifs is 1. The Morgan fingerprint density at radius 3 is 2.65 bits per heavy atom. The summed E-state index contributed by atoms with van der Waals surface area (Å²) in [5.74, 6) is 0.861. The van der Waals surface area contributed by atoms with Gasteiger partial charge in [0.25, 0.3) is 0 Å².